The van der Waals surface area contributed by atoms with Crippen LogP contribution in [0.5, 0.6) is 0 Å². The van der Waals surface area contributed by atoms with Gasteiger partial charge in [-0.15, -0.1) is 0 Å². The molecule has 1 aromatic rings. The quantitative estimate of drug-likeness (QED) is 0.664. The third kappa shape index (κ3) is 4.24. The average molecular weight is 314 g/mol. The van der Waals surface area contributed by atoms with Gasteiger partial charge in [0.05, 0.1) is 12.2 Å². The third-order valence-corrected chi connectivity index (χ3v) is 5.65. The van der Waals surface area contributed by atoms with Gasteiger partial charge in [0.15, 0.2) is 5.96 Å². The summed E-state index contributed by atoms with van der Waals surface area (Å²) in [4.78, 5) is 8.84. The van der Waals surface area contributed by atoms with Crippen molar-refractivity contribution in [3.05, 3.63) is 29.6 Å². The van der Waals surface area contributed by atoms with Gasteiger partial charge < -0.3 is 10.6 Å². The van der Waals surface area contributed by atoms with Crippen LogP contribution in [0.1, 0.15) is 56.2 Å². The van der Waals surface area contributed by atoms with Crippen molar-refractivity contribution in [1.29, 1.82) is 0 Å². The molecule has 4 nitrogen and oxygen atoms in total. The number of fused-ring (bicyclic) bond motifs is 1. The van der Waals surface area contributed by atoms with Gasteiger partial charge in [0, 0.05) is 19.3 Å². The summed E-state index contributed by atoms with van der Waals surface area (Å²) in [5.74, 6) is 2.84. The first-order valence-electron chi connectivity index (χ1n) is 9.14. The van der Waals surface area contributed by atoms with Gasteiger partial charge in [-0.2, -0.15) is 0 Å². The Bertz CT molecular complexity index is 540. The number of hydrogen-bond acceptors (Lipinski definition) is 2. The molecule has 0 radical (unpaired) electrons. The Morgan fingerprint density at radius 1 is 1.22 bits per heavy atom. The van der Waals surface area contributed by atoms with E-state index in [1.54, 1.807) is 0 Å². The van der Waals surface area contributed by atoms with E-state index in [0.29, 0.717) is 6.04 Å². The van der Waals surface area contributed by atoms with Crippen LogP contribution >= 0.6 is 0 Å². The molecule has 3 atom stereocenters. The standard InChI is InChI=1S/C19H30N4/c1-14-6-5-11-21-18(14)13-22-19(20-2)23-17-10-9-15-7-3-4-8-16(15)12-17/h5-6,11,15-17H,3-4,7-10,12-13H2,1-2H3,(H2,20,22,23). The van der Waals surface area contributed by atoms with E-state index >= 15 is 0 Å². The fourth-order valence-electron chi connectivity index (χ4n) is 4.26. The highest BCUT2D eigenvalue weighted by Crippen LogP contribution is 2.40. The number of nitrogens with one attached hydrogen (secondary N) is 2. The highest BCUT2D eigenvalue weighted by atomic mass is 15.2. The Morgan fingerprint density at radius 3 is 2.83 bits per heavy atom. The minimum absolute atomic E-state index is 0.574. The SMILES string of the molecule is CN=C(NCc1ncccc1C)NC1CCC2CCCCC2C1. The van der Waals surface area contributed by atoms with Crippen molar-refractivity contribution in [1.82, 2.24) is 15.6 Å². The van der Waals surface area contributed by atoms with Gasteiger partial charge in [-0.1, -0.05) is 31.7 Å². The van der Waals surface area contributed by atoms with Crippen LogP contribution < -0.4 is 10.6 Å². The summed E-state index contributed by atoms with van der Waals surface area (Å²) in [5, 5.41) is 7.06. The molecule has 2 aliphatic rings. The number of hydrogen-bond donors (Lipinski definition) is 2. The van der Waals surface area contributed by atoms with Gasteiger partial charge in [0.25, 0.3) is 0 Å². The monoisotopic (exact) mass is 314 g/mol. The van der Waals surface area contributed by atoms with E-state index in [2.05, 4.69) is 33.6 Å². The van der Waals surface area contributed by atoms with E-state index in [9.17, 15) is 0 Å². The predicted molar refractivity (Wildman–Crippen MR) is 95.4 cm³/mol. The maximum atomic E-state index is 4.44. The fourth-order valence-corrected chi connectivity index (χ4v) is 4.26. The average Bonchev–Trinajstić information content (AvgIpc) is 2.59. The molecule has 2 fully saturated rings. The zero-order valence-corrected chi connectivity index (χ0v) is 14.5. The number of pyridine rings is 1. The maximum Gasteiger partial charge on any atom is 0.191 e. The predicted octanol–water partition coefficient (Wildman–Crippen LogP) is 3.41. The minimum atomic E-state index is 0.574. The van der Waals surface area contributed by atoms with E-state index in [-0.39, 0.29) is 0 Å². The number of nitrogens with zero attached hydrogens (tertiary/aromatic N) is 2. The number of rotatable bonds is 3. The van der Waals surface area contributed by atoms with Crippen molar-refractivity contribution in [3.8, 4) is 0 Å². The van der Waals surface area contributed by atoms with Gasteiger partial charge in [-0.3, -0.25) is 9.98 Å². The molecule has 0 aromatic carbocycles. The van der Waals surface area contributed by atoms with E-state index in [4.69, 9.17) is 0 Å². The zero-order valence-electron chi connectivity index (χ0n) is 14.5. The van der Waals surface area contributed by atoms with Crippen LogP contribution in [0, 0.1) is 18.8 Å². The summed E-state index contributed by atoms with van der Waals surface area (Å²) < 4.78 is 0. The van der Waals surface area contributed by atoms with Crippen LogP contribution in [-0.2, 0) is 6.54 Å². The Labute approximate surface area is 140 Å². The lowest BCUT2D eigenvalue weighted by Gasteiger charge is -2.39. The summed E-state index contributed by atoms with van der Waals surface area (Å²) in [6, 6.07) is 4.66. The minimum Gasteiger partial charge on any atom is -0.354 e. The van der Waals surface area contributed by atoms with Crippen molar-refractivity contribution in [2.45, 2.75) is 64.5 Å². The molecule has 1 aromatic heterocycles. The molecule has 3 unspecified atom stereocenters. The third-order valence-electron chi connectivity index (χ3n) is 5.65. The van der Waals surface area contributed by atoms with Gasteiger partial charge in [-0.05, 0) is 49.7 Å². The second kappa shape index (κ2) is 7.80. The first-order chi connectivity index (χ1) is 11.3. The molecular formula is C19H30N4. The second-order valence-electron chi connectivity index (χ2n) is 7.15. The van der Waals surface area contributed by atoms with E-state index in [1.807, 2.05) is 19.3 Å². The fraction of sp³-hybridized carbons (Fsp3) is 0.684. The Kier molecular flexibility index (Phi) is 5.52. The highest BCUT2D eigenvalue weighted by Gasteiger charge is 2.32. The van der Waals surface area contributed by atoms with Crippen molar-refractivity contribution in [2.75, 3.05) is 7.05 Å². The normalized spacial score (nSPS) is 28.1. The molecule has 0 aliphatic heterocycles. The summed E-state index contributed by atoms with van der Waals surface area (Å²) in [6.07, 6.45) is 11.6. The summed E-state index contributed by atoms with van der Waals surface area (Å²) >= 11 is 0. The highest BCUT2D eigenvalue weighted by molar-refractivity contribution is 5.79. The van der Waals surface area contributed by atoms with E-state index in [0.717, 1.165) is 30.0 Å². The number of aliphatic imine (C=N–C) groups is 1. The van der Waals surface area contributed by atoms with E-state index in [1.165, 1.54) is 50.5 Å². The first kappa shape index (κ1) is 16.3. The lowest BCUT2D eigenvalue weighted by Crippen LogP contribution is -2.46. The number of guanidine groups is 1. The molecule has 3 rings (SSSR count). The van der Waals surface area contributed by atoms with E-state index < -0.39 is 0 Å². The van der Waals surface area contributed by atoms with Crippen LogP contribution in [0.4, 0.5) is 0 Å². The molecule has 1 heterocycles. The number of aromatic nitrogens is 1. The molecule has 2 aliphatic carbocycles. The molecule has 126 valence electrons. The van der Waals surface area contributed by atoms with Gasteiger partial charge >= 0.3 is 0 Å². The van der Waals surface area contributed by atoms with Crippen LogP contribution in [-0.4, -0.2) is 24.0 Å². The molecule has 23 heavy (non-hydrogen) atoms. The molecule has 0 saturated heterocycles. The van der Waals surface area contributed by atoms with Crippen molar-refractivity contribution in [2.24, 2.45) is 16.8 Å². The Morgan fingerprint density at radius 2 is 2.04 bits per heavy atom. The van der Waals surface area contributed by atoms with Crippen molar-refractivity contribution >= 4 is 5.96 Å². The summed E-state index contributed by atoms with van der Waals surface area (Å²) in [5.41, 5.74) is 2.31. The first-order valence-corrected chi connectivity index (χ1v) is 9.14. The largest absolute Gasteiger partial charge is 0.354 e. The smallest absolute Gasteiger partial charge is 0.191 e. The second-order valence-corrected chi connectivity index (χ2v) is 7.15. The number of aryl methyl sites for hydroxylation is 1. The molecule has 2 saturated carbocycles. The van der Waals surface area contributed by atoms with Crippen LogP contribution in [0.3, 0.4) is 0 Å². The Hall–Kier alpha value is -1.58. The van der Waals surface area contributed by atoms with Gasteiger partial charge in [-0.25, -0.2) is 0 Å². The molecular weight excluding hydrogens is 284 g/mol. The van der Waals surface area contributed by atoms with Crippen LogP contribution in [0.2, 0.25) is 0 Å². The molecule has 2 N–H and O–H groups in total. The molecule has 0 bridgehead atoms. The van der Waals surface area contributed by atoms with Crippen LogP contribution in [0.15, 0.2) is 23.3 Å². The maximum absolute atomic E-state index is 4.44. The van der Waals surface area contributed by atoms with Crippen LogP contribution in [0.25, 0.3) is 0 Å². The van der Waals surface area contributed by atoms with Crippen molar-refractivity contribution in [3.63, 3.8) is 0 Å². The zero-order chi connectivity index (χ0) is 16.1. The molecule has 0 spiro atoms. The summed E-state index contributed by atoms with van der Waals surface area (Å²) in [6.45, 7) is 2.83. The van der Waals surface area contributed by atoms with Gasteiger partial charge in [0.2, 0.25) is 0 Å². The lowest BCUT2D eigenvalue weighted by molar-refractivity contribution is 0.150. The lowest BCUT2D eigenvalue weighted by atomic mass is 9.69. The Balaban J connectivity index is 1.51. The van der Waals surface area contributed by atoms with Gasteiger partial charge in [0.1, 0.15) is 0 Å². The molecule has 0 amide bonds. The van der Waals surface area contributed by atoms with Crippen molar-refractivity contribution < 1.29 is 0 Å². The topological polar surface area (TPSA) is 49.3 Å². The molecule has 4 heteroatoms. The summed E-state index contributed by atoms with van der Waals surface area (Å²) in [7, 11) is 1.85.